The van der Waals surface area contributed by atoms with Crippen molar-refractivity contribution in [1.29, 1.82) is 0 Å². The van der Waals surface area contributed by atoms with Crippen LogP contribution in [-0.2, 0) is 16.0 Å². The number of benzene rings is 1. The zero-order valence-corrected chi connectivity index (χ0v) is 12.4. The molecule has 1 rings (SSSR count). The summed E-state index contributed by atoms with van der Waals surface area (Å²) in [5, 5.41) is 2.51. The van der Waals surface area contributed by atoms with Crippen LogP contribution in [0, 0.1) is 0 Å². The van der Waals surface area contributed by atoms with Crippen molar-refractivity contribution < 1.29 is 19.0 Å². The highest BCUT2D eigenvalue weighted by atomic mass is 79.9. The topological polar surface area (TPSA) is 82.8 Å². The molecule has 0 saturated heterocycles. The molecule has 3 N–H and O–H groups in total. The molecule has 2 amide bonds. The van der Waals surface area contributed by atoms with Crippen molar-refractivity contribution in [3.63, 3.8) is 0 Å². The lowest BCUT2D eigenvalue weighted by atomic mass is 10.2. The first-order valence-corrected chi connectivity index (χ1v) is 6.49. The Morgan fingerprint density at radius 1 is 1.53 bits per heavy atom. The Balaban J connectivity index is 2.68. The predicted octanol–water partition coefficient (Wildman–Crippen LogP) is 1.96. The van der Waals surface area contributed by atoms with E-state index in [1.807, 2.05) is 19.1 Å². The Kier molecular flexibility index (Phi) is 6.61. The highest BCUT2D eigenvalue weighted by Crippen LogP contribution is 2.27. The molecule has 1 aromatic carbocycles. The van der Waals surface area contributed by atoms with E-state index < -0.39 is 12.5 Å². The van der Waals surface area contributed by atoms with Crippen LogP contribution in [0.2, 0.25) is 0 Å². The molecule has 0 fully saturated rings. The van der Waals surface area contributed by atoms with Crippen molar-refractivity contribution in [2.24, 2.45) is 5.73 Å². The van der Waals surface area contributed by atoms with Crippen molar-refractivity contribution >= 4 is 22.0 Å². The SMILES string of the molecule is CCOC(OC)Oc1ccc(CNC(N)=O)cc1Br. The number of hydrogen-bond acceptors (Lipinski definition) is 4. The van der Waals surface area contributed by atoms with Crippen molar-refractivity contribution in [3.8, 4) is 5.75 Å². The number of rotatable bonds is 7. The standard InChI is InChI=1S/C12H17BrN2O4/c1-3-18-12(17-2)19-10-5-4-8(6-9(10)13)7-15-11(14)16/h4-6,12H,3,7H2,1-2H3,(H3,14,15,16). The molecule has 0 spiro atoms. The summed E-state index contributed by atoms with van der Waals surface area (Å²) < 4.78 is 16.5. The largest absolute Gasteiger partial charge is 0.440 e. The van der Waals surface area contributed by atoms with Gasteiger partial charge in [0.25, 0.3) is 0 Å². The first kappa shape index (κ1) is 15.7. The molecule has 0 aromatic heterocycles. The molecule has 0 aliphatic rings. The molecule has 19 heavy (non-hydrogen) atoms. The van der Waals surface area contributed by atoms with E-state index in [2.05, 4.69) is 21.2 Å². The fourth-order valence-corrected chi connectivity index (χ4v) is 1.85. The lowest BCUT2D eigenvalue weighted by Crippen LogP contribution is -2.28. The molecule has 7 heteroatoms. The Hall–Kier alpha value is -1.31. The third kappa shape index (κ3) is 5.46. The maximum atomic E-state index is 10.6. The number of ether oxygens (including phenoxy) is 3. The summed E-state index contributed by atoms with van der Waals surface area (Å²) in [5.74, 6) is 0.586. The quantitative estimate of drug-likeness (QED) is 0.748. The summed E-state index contributed by atoms with van der Waals surface area (Å²) >= 11 is 3.38. The van der Waals surface area contributed by atoms with E-state index in [1.54, 1.807) is 6.07 Å². The minimum Gasteiger partial charge on any atom is -0.440 e. The van der Waals surface area contributed by atoms with Crippen LogP contribution in [0.3, 0.4) is 0 Å². The molecule has 1 unspecified atom stereocenters. The molecule has 0 aliphatic heterocycles. The highest BCUT2D eigenvalue weighted by molar-refractivity contribution is 9.10. The normalized spacial score (nSPS) is 11.9. The van der Waals surface area contributed by atoms with Gasteiger partial charge in [0.15, 0.2) is 0 Å². The van der Waals surface area contributed by atoms with Gasteiger partial charge in [0.05, 0.1) is 11.1 Å². The summed E-state index contributed by atoms with van der Waals surface area (Å²) in [6.07, 6.45) is 0. The second-order valence-electron chi connectivity index (χ2n) is 3.58. The van der Waals surface area contributed by atoms with Crippen molar-refractivity contribution in [2.45, 2.75) is 19.9 Å². The molecule has 0 radical (unpaired) electrons. The van der Waals surface area contributed by atoms with E-state index in [4.69, 9.17) is 19.9 Å². The summed E-state index contributed by atoms with van der Waals surface area (Å²) in [4.78, 5) is 10.6. The second-order valence-corrected chi connectivity index (χ2v) is 4.43. The van der Waals surface area contributed by atoms with Crippen LogP contribution < -0.4 is 15.8 Å². The number of primary amides is 1. The third-order valence-electron chi connectivity index (χ3n) is 2.18. The van der Waals surface area contributed by atoms with Gasteiger partial charge in [-0.05, 0) is 40.5 Å². The minimum absolute atomic E-state index is 0.355. The zero-order valence-electron chi connectivity index (χ0n) is 10.8. The Bertz CT molecular complexity index is 428. The van der Waals surface area contributed by atoms with Gasteiger partial charge in [-0.1, -0.05) is 6.07 Å². The number of carbonyl (C=O) groups is 1. The van der Waals surface area contributed by atoms with Gasteiger partial charge in [-0.25, -0.2) is 4.79 Å². The lowest BCUT2D eigenvalue weighted by molar-refractivity contribution is -0.231. The van der Waals surface area contributed by atoms with Crippen LogP contribution in [-0.4, -0.2) is 26.2 Å². The summed E-state index contributed by atoms with van der Waals surface area (Å²) in [5.41, 5.74) is 5.90. The van der Waals surface area contributed by atoms with Crippen LogP contribution >= 0.6 is 15.9 Å². The van der Waals surface area contributed by atoms with Crippen LogP contribution in [0.1, 0.15) is 12.5 Å². The summed E-state index contributed by atoms with van der Waals surface area (Å²) in [6.45, 7) is 1.93. The van der Waals surface area contributed by atoms with E-state index in [0.717, 1.165) is 10.0 Å². The first-order chi connectivity index (χ1) is 9.06. The fraction of sp³-hybridized carbons (Fsp3) is 0.417. The number of nitrogens with two attached hydrogens (primary N) is 1. The average molecular weight is 333 g/mol. The molecule has 106 valence electrons. The maximum absolute atomic E-state index is 10.6. The molecule has 1 aromatic rings. The molecule has 6 nitrogen and oxygen atoms in total. The second kappa shape index (κ2) is 7.98. The molecule has 0 saturated carbocycles. The lowest BCUT2D eigenvalue weighted by Gasteiger charge is -2.18. The fourth-order valence-electron chi connectivity index (χ4n) is 1.33. The number of halogens is 1. The molecule has 0 heterocycles. The minimum atomic E-state index is -0.754. The van der Waals surface area contributed by atoms with Crippen LogP contribution in [0.5, 0.6) is 5.75 Å². The highest BCUT2D eigenvalue weighted by Gasteiger charge is 2.11. The number of urea groups is 1. The van der Waals surface area contributed by atoms with Gasteiger partial charge >= 0.3 is 12.5 Å². The molecular formula is C12H17BrN2O4. The number of methoxy groups -OCH3 is 1. The van der Waals surface area contributed by atoms with E-state index in [9.17, 15) is 4.79 Å². The van der Waals surface area contributed by atoms with E-state index in [0.29, 0.717) is 18.9 Å². The van der Waals surface area contributed by atoms with Gasteiger partial charge in [-0.15, -0.1) is 0 Å². The number of amides is 2. The zero-order chi connectivity index (χ0) is 14.3. The van der Waals surface area contributed by atoms with Crippen LogP contribution in [0.4, 0.5) is 4.79 Å². The van der Waals surface area contributed by atoms with Gasteiger partial charge in [-0.3, -0.25) is 0 Å². The monoisotopic (exact) mass is 332 g/mol. The van der Waals surface area contributed by atoms with Crippen LogP contribution in [0.25, 0.3) is 0 Å². The predicted molar refractivity (Wildman–Crippen MR) is 73.6 cm³/mol. The van der Waals surface area contributed by atoms with Crippen LogP contribution in [0.15, 0.2) is 22.7 Å². The van der Waals surface area contributed by atoms with E-state index in [1.165, 1.54) is 7.11 Å². The van der Waals surface area contributed by atoms with Gasteiger partial charge in [0.1, 0.15) is 5.75 Å². The van der Waals surface area contributed by atoms with E-state index in [-0.39, 0.29) is 0 Å². The number of carbonyl (C=O) groups excluding carboxylic acids is 1. The number of hydrogen-bond donors (Lipinski definition) is 2. The third-order valence-corrected chi connectivity index (χ3v) is 2.80. The van der Waals surface area contributed by atoms with Crippen molar-refractivity contribution in [2.75, 3.05) is 13.7 Å². The molecule has 0 aliphatic carbocycles. The van der Waals surface area contributed by atoms with Gasteiger partial charge in [-0.2, -0.15) is 0 Å². The molecule has 1 atom stereocenters. The van der Waals surface area contributed by atoms with Crippen molar-refractivity contribution in [1.82, 2.24) is 5.32 Å². The van der Waals surface area contributed by atoms with Gasteiger partial charge in [0.2, 0.25) is 0 Å². The molecular weight excluding hydrogens is 316 g/mol. The Morgan fingerprint density at radius 3 is 2.79 bits per heavy atom. The number of nitrogens with one attached hydrogen (secondary N) is 1. The molecule has 0 bridgehead atoms. The average Bonchev–Trinajstić information content (AvgIpc) is 2.38. The maximum Gasteiger partial charge on any atom is 0.315 e. The van der Waals surface area contributed by atoms with E-state index >= 15 is 0 Å². The summed E-state index contributed by atoms with van der Waals surface area (Å²) in [7, 11) is 1.50. The van der Waals surface area contributed by atoms with Gasteiger partial charge < -0.3 is 25.3 Å². The Morgan fingerprint density at radius 2 is 2.26 bits per heavy atom. The Labute approximate surface area is 120 Å². The smallest absolute Gasteiger partial charge is 0.315 e. The van der Waals surface area contributed by atoms with Gasteiger partial charge in [0, 0.05) is 13.7 Å². The summed E-state index contributed by atoms with van der Waals surface area (Å²) in [6, 6.07) is 4.83. The van der Waals surface area contributed by atoms with Crippen molar-refractivity contribution in [3.05, 3.63) is 28.2 Å². The first-order valence-electron chi connectivity index (χ1n) is 5.69.